The predicted octanol–water partition coefficient (Wildman–Crippen LogP) is 3.01. The van der Waals surface area contributed by atoms with Gasteiger partial charge in [0.25, 0.3) is 0 Å². The molecule has 0 radical (unpaired) electrons. The highest BCUT2D eigenvalue weighted by molar-refractivity contribution is 8.20. The zero-order valence-electron chi connectivity index (χ0n) is 11.5. The second-order valence-corrected chi connectivity index (χ2v) is 7.48. The fraction of sp³-hybridized carbons (Fsp3) is 0.846. The fourth-order valence-corrected chi connectivity index (χ4v) is 6.07. The summed E-state index contributed by atoms with van der Waals surface area (Å²) < 4.78 is 5.11. The lowest BCUT2D eigenvalue weighted by atomic mass is 9.78. The highest BCUT2D eigenvalue weighted by atomic mass is 32.2. The predicted molar refractivity (Wildman–Crippen MR) is 79.5 cm³/mol. The lowest BCUT2D eigenvalue weighted by Gasteiger charge is -2.37. The average Bonchev–Trinajstić information content (AvgIpc) is 2.93. The van der Waals surface area contributed by atoms with Crippen LogP contribution in [0.15, 0.2) is 0 Å². The molecule has 0 aromatic carbocycles. The van der Waals surface area contributed by atoms with Gasteiger partial charge in [0.1, 0.15) is 0 Å². The largest absolute Gasteiger partial charge is 0.481 e. The molecule has 1 N–H and O–H groups in total. The van der Waals surface area contributed by atoms with Crippen LogP contribution in [0.2, 0.25) is 0 Å². The molecule has 6 heteroatoms. The number of rotatable bonds is 8. The van der Waals surface area contributed by atoms with Gasteiger partial charge in [0.2, 0.25) is 0 Å². The van der Waals surface area contributed by atoms with Crippen LogP contribution in [0.4, 0.5) is 0 Å². The Morgan fingerprint density at radius 3 is 2.32 bits per heavy atom. The quantitative estimate of drug-likeness (QED) is 0.696. The molecule has 1 heterocycles. The summed E-state index contributed by atoms with van der Waals surface area (Å²) in [6.07, 6.45) is 2.81. The summed E-state index contributed by atoms with van der Waals surface area (Å²) in [6.45, 7) is 2.10. The van der Waals surface area contributed by atoms with E-state index < -0.39 is 5.97 Å². The van der Waals surface area contributed by atoms with Gasteiger partial charge in [-0.25, -0.2) is 0 Å². The molecule has 4 nitrogen and oxygen atoms in total. The zero-order valence-corrected chi connectivity index (χ0v) is 13.1. The van der Waals surface area contributed by atoms with Gasteiger partial charge in [0, 0.05) is 24.3 Å². The van der Waals surface area contributed by atoms with Crippen molar-refractivity contribution < 1.29 is 19.4 Å². The second kappa shape index (κ2) is 8.04. The van der Waals surface area contributed by atoms with Crippen LogP contribution >= 0.6 is 23.5 Å². The Kier molecular flexibility index (Phi) is 7.07. The maximum atomic E-state index is 11.4. The summed E-state index contributed by atoms with van der Waals surface area (Å²) >= 11 is 3.81. The molecule has 1 aliphatic heterocycles. The molecule has 1 rings (SSSR count). The Morgan fingerprint density at radius 1 is 1.26 bits per heavy atom. The number of hydrogen-bond donors (Lipinski definition) is 1. The number of ether oxygens (including phenoxy) is 1. The van der Waals surface area contributed by atoms with E-state index >= 15 is 0 Å². The number of carbonyl (C=O) groups is 2. The van der Waals surface area contributed by atoms with E-state index in [4.69, 9.17) is 9.84 Å². The number of thioether (sulfide) groups is 2. The number of aliphatic carboxylic acids is 1. The van der Waals surface area contributed by atoms with Gasteiger partial charge in [-0.1, -0.05) is 6.92 Å². The molecular formula is C13H22O4S2. The number of carboxylic acids is 1. The number of carboxylic acid groups (broad SMARTS) is 1. The first-order chi connectivity index (χ1) is 9.04. The Bertz CT molecular complexity index is 316. The standard InChI is InChI=1S/C13H22O4S2/c1-3-13(6-4-10(14)15,7-5-11(16)17-2)12-18-8-9-19-12/h12H,3-9H2,1-2H3,(H,14,15)/t13-/m0/s1. The van der Waals surface area contributed by atoms with E-state index in [2.05, 4.69) is 6.92 Å². The molecule has 0 aromatic heterocycles. The first-order valence-corrected chi connectivity index (χ1v) is 8.65. The summed E-state index contributed by atoms with van der Waals surface area (Å²) in [5, 5.41) is 8.93. The molecule has 19 heavy (non-hydrogen) atoms. The van der Waals surface area contributed by atoms with Crippen LogP contribution in [0.5, 0.6) is 0 Å². The number of hydrogen-bond acceptors (Lipinski definition) is 5. The van der Waals surface area contributed by atoms with Gasteiger partial charge < -0.3 is 9.84 Å². The maximum Gasteiger partial charge on any atom is 0.305 e. The fourth-order valence-electron chi connectivity index (χ4n) is 2.40. The van der Waals surface area contributed by atoms with Crippen molar-refractivity contribution in [3.63, 3.8) is 0 Å². The van der Waals surface area contributed by atoms with E-state index in [1.807, 2.05) is 23.5 Å². The van der Waals surface area contributed by atoms with Crippen LogP contribution in [0.1, 0.15) is 39.0 Å². The first-order valence-electron chi connectivity index (χ1n) is 6.56. The van der Waals surface area contributed by atoms with Crippen molar-refractivity contribution in [1.82, 2.24) is 0 Å². The van der Waals surface area contributed by atoms with Crippen molar-refractivity contribution in [2.75, 3.05) is 18.6 Å². The third kappa shape index (κ3) is 4.91. The number of carbonyl (C=O) groups excluding carboxylic acids is 1. The van der Waals surface area contributed by atoms with E-state index in [-0.39, 0.29) is 17.8 Å². The van der Waals surface area contributed by atoms with Crippen LogP contribution in [-0.2, 0) is 14.3 Å². The van der Waals surface area contributed by atoms with Crippen molar-refractivity contribution in [3.05, 3.63) is 0 Å². The van der Waals surface area contributed by atoms with Crippen LogP contribution < -0.4 is 0 Å². The lowest BCUT2D eigenvalue weighted by molar-refractivity contribution is -0.141. The topological polar surface area (TPSA) is 63.6 Å². The van der Waals surface area contributed by atoms with Gasteiger partial charge in [-0.3, -0.25) is 9.59 Å². The molecule has 1 fully saturated rings. The molecule has 0 bridgehead atoms. The van der Waals surface area contributed by atoms with Crippen LogP contribution in [0.25, 0.3) is 0 Å². The van der Waals surface area contributed by atoms with Crippen molar-refractivity contribution >= 4 is 35.5 Å². The SMILES string of the molecule is CC[C@](CCC(=O)O)(CCC(=O)OC)C1SCCS1. The summed E-state index contributed by atoms with van der Waals surface area (Å²) in [6, 6.07) is 0. The summed E-state index contributed by atoms with van der Waals surface area (Å²) in [4.78, 5) is 22.2. The smallest absolute Gasteiger partial charge is 0.305 e. The molecule has 1 aliphatic rings. The van der Waals surface area contributed by atoms with Gasteiger partial charge >= 0.3 is 11.9 Å². The Morgan fingerprint density at radius 2 is 1.84 bits per heavy atom. The van der Waals surface area contributed by atoms with Crippen molar-refractivity contribution in [1.29, 1.82) is 0 Å². The minimum Gasteiger partial charge on any atom is -0.481 e. The molecular weight excluding hydrogens is 284 g/mol. The number of methoxy groups -OCH3 is 1. The molecule has 1 atom stereocenters. The molecule has 0 aromatic rings. The van der Waals surface area contributed by atoms with Crippen LogP contribution in [-0.4, -0.2) is 40.2 Å². The Hall–Kier alpha value is -0.360. The van der Waals surface area contributed by atoms with E-state index in [9.17, 15) is 9.59 Å². The average molecular weight is 306 g/mol. The van der Waals surface area contributed by atoms with E-state index in [0.717, 1.165) is 17.9 Å². The van der Waals surface area contributed by atoms with Crippen LogP contribution in [0, 0.1) is 5.41 Å². The third-order valence-electron chi connectivity index (χ3n) is 3.72. The molecule has 0 aliphatic carbocycles. The molecule has 0 unspecified atom stereocenters. The van der Waals surface area contributed by atoms with Crippen molar-refractivity contribution in [3.8, 4) is 0 Å². The summed E-state index contributed by atoms with van der Waals surface area (Å²) in [7, 11) is 1.40. The first kappa shape index (κ1) is 16.7. The molecule has 110 valence electrons. The molecule has 0 amide bonds. The van der Waals surface area contributed by atoms with Crippen LogP contribution in [0.3, 0.4) is 0 Å². The summed E-state index contributed by atoms with van der Waals surface area (Å²) in [5.74, 6) is 1.26. The Labute approximate surface area is 123 Å². The van der Waals surface area contributed by atoms with Crippen molar-refractivity contribution in [2.24, 2.45) is 5.41 Å². The van der Waals surface area contributed by atoms with Gasteiger partial charge in [0.05, 0.1) is 11.7 Å². The number of esters is 1. The highest BCUT2D eigenvalue weighted by Gasteiger charge is 2.40. The lowest BCUT2D eigenvalue weighted by Crippen LogP contribution is -2.31. The normalized spacial score (nSPS) is 19.1. The van der Waals surface area contributed by atoms with Gasteiger partial charge in [-0.05, 0) is 24.7 Å². The zero-order chi connectivity index (χ0) is 14.3. The van der Waals surface area contributed by atoms with E-state index in [1.54, 1.807) is 0 Å². The minimum absolute atomic E-state index is 0.0710. The molecule has 0 spiro atoms. The van der Waals surface area contributed by atoms with Gasteiger partial charge in [-0.15, -0.1) is 23.5 Å². The highest BCUT2D eigenvalue weighted by Crippen LogP contribution is 2.51. The van der Waals surface area contributed by atoms with Gasteiger partial charge in [0.15, 0.2) is 0 Å². The third-order valence-corrected chi connectivity index (χ3v) is 7.28. The minimum atomic E-state index is -0.760. The van der Waals surface area contributed by atoms with E-state index in [1.165, 1.54) is 7.11 Å². The maximum absolute atomic E-state index is 11.4. The van der Waals surface area contributed by atoms with E-state index in [0.29, 0.717) is 23.8 Å². The molecule has 1 saturated heterocycles. The summed E-state index contributed by atoms with van der Waals surface area (Å²) in [5.41, 5.74) is -0.0710. The monoisotopic (exact) mass is 306 g/mol. The second-order valence-electron chi connectivity index (χ2n) is 4.76. The Balaban J connectivity index is 2.72. The van der Waals surface area contributed by atoms with Gasteiger partial charge in [-0.2, -0.15) is 0 Å². The van der Waals surface area contributed by atoms with Crippen molar-refractivity contribution in [2.45, 2.75) is 43.6 Å². The molecule has 0 saturated carbocycles.